The molecule has 0 unspecified atom stereocenters. The fourth-order valence-electron chi connectivity index (χ4n) is 5.45. The molecule has 5 amide bonds. The van der Waals surface area contributed by atoms with E-state index in [0.717, 1.165) is 27.8 Å². The van der Waals surface area contributed by atoms with Crippen LogP contribution in [0.2, 0.25) is 0 Å². The third-order valence-electron chi connectivity index (χ3n) is 7.83. The van der Waals surface area contributed by atoms with Crippen LogP contribution in [0.5, 0.6) is 0 Å². The maximum atomic E-state index is 13.5. The molecule has 12 heteroatoms. The molecule has 0 aliphatic heterocycles. The van der Waals surface area contributed by atoms with E-state index in [2.05, 4.69) is 21.3 Å². The lowest BCUT2D eigenvalue weighted by atomic mass is 9.98. The quantitative estimate of drug-likeness (QED) is 0.129. The molecule has 248 valence electrons. The van der Waals surface area contributed by atoms with E-state index in [1.165, 1.54) is 6.92 Å². The summed E-state index contributed by atoms with van der Waals surface area (Å²) in [6.07, 6.45) is -0.228. The number of fused-ring (bicyclic) bond motifs is 3. The Kier molecular flexibility index (Phi) is 11.9. The zero-order chi connectivity index (χ0) is 33.9. The number of hydrogen-bond acceptors (Lipinski definition) is 7. The van der Waals surface area contributed by atoms with E-state index in [4.69, 9.17) is 15.2 Å². The van der Waals surface area contributed by atoms with Crippen LogP contribution in [0, 0.1) is 5.92 Å². The predicted molar refractivity (Wildman–Crippen MR) is 176 cm³/mol. The highest BCUT2D eigenvalue weighted by atomic mass is 16.5. The fourth-order valence-corrected chi connectivity index (χ4v) is 5.45. The monoisotopic (exact) mass is 643 g/mol. The number of benzene rings is 3. The average Bonchev–Trinajstić information content (AvgIpc) is 3.36. The standard InChI is InChI=1S/C35H41N5O7/c1-21(2)31(40-35(45)47-20-29-27-11-6-4-9-25(27)26-10-5-7-12-28(26)29)33(43)39-30(13-8-18-37-34(36)44)32(42)38-24-16-14-23(15-17-24)19-46-22(3)41/h4-7,9-12,14-17,21,29-31H,8,13,18-20H2,1-3H3,(H,38,42)(H,39,43)(H,40,45)(H3,36,37,44)/t30-,31-/m0/s1. The Labute approximate surface area is 273 Å². The Morgan fingerprint density at radius 2 is 1.43 bits per heavy atom. The number of ether oxygens (including phenoxy) is 2. The summed E-state index contributed by atoms with van der Waals surface area (Å²) in [5.41, 5.74) is 10.7. The number of nitrogens with one attached hydrogen (secondary N) is 4. The van der Waals surface area contributed by atoms with Crippen molar-refractivity contribution in [1.82, 2.24) is 16.0 Å². The van der Waals surface area contributed by atoms with Gasteiger partial charge in [0.1, 0.15) is 25.3 Å². The summed E-state index contributed by atoms with van der Waals surface area (Å²) in [7, 11) is 0. The molecule has 1 aliphatic rings. The van der Waals surface area contributed by atoms with Crippen LogP contribution in [-0.2, 0) is 30.5 Å². The maximum absolute atomic E-state index is 13.5. The van der Waals surface area contributed by atoms with E-state index in [1.54, 1.807) is 38.1 Å². The van der Waals surface area contributed by atoms with Crippen molar-refractivity contribution in [3.63, 3.8) is 0 Å². The molecule has 0 bridgehead atoms. The molecule has 0 fully saturated rings. The summed E-state index contributed by atoms with van der Waals surface area (Å²) < 4.78 is 10.6. The van der Waals surface area contributed by atoms with Crippen molar-refractivity contribution in [3.8, 4) is 11.1 Å². The van der Waals surface area contributed by atoms with E-state index in [1.807, 2.05) is 48.5 Å². The first kappa shape index (κ1) is 34.5. The molecule has 2 atom stereocenters. The number of nitrogens with two attached hydrogens (primary N) is 1. The maximum Gasteiger partial charge on any atom is 0.407 e. The zero-order valence-electron chi connectivity index (χ0n) is 26.7. The number of esters is 1. The SMILES string of the molecule is CC(=O)OCc1ccc(NC(=O)[C@H](CCCNC(N)=O)NC(=O)[C@@H](NC(=O)OCC2c3ccccc3-c3ccccc32)C(C)C)cc1. The van der Waals surface area contributed by atoms with Crippen molar-refractivity contribution in [2.45, 2.75) is 58.2 Å². The number of amides is 5. The Morgan fingerprint density at radius 1 is 0.809 bits per heavy atom. The molecule has 6 N–H and O–H groups in total. The lowest BCUT2D eigenvalue weighted by Gasteiger charge is -2.25. The smallest absolute Gasteiger partial charge is 0.407 e. The summed E-state index contributed by atoms with van der Waals surface area (Å²) in [6.45, 7) is 5.26. The second-order valence-corrected chi connectivity index (χ2v) is 11.7. The molecular formula is C35H41N5O7. The number of urea groups is 1. The van der Waals surface area contributed by atoms with Gasteiger partial charge in [0.15, 0.2) is 0 Å². The van der Waals surface area contributed by atoms with Crippen molar-refractivity contribution < 1.29 is 33.4 Å². The minimum absolute atomic E-state index is 0.0872. The van der Waals surface area contributed by atoms with E-state index >= 15 is 0 Å². The average molecular weight is 644 g/mol. The number of carbonyl (C=O) groups is 5. The highest BCUT2D eigenvalue weighted by Gasteiger charge is 2.32. The van der Waals surface area contributed by atoms with Crippen LogP contribution < -0.4 is 27.0 Å². The molecule has 0 saturated heterocycles. The van der Waals surface area contributed by atoms with Gasteiger partial charge in [0.25, 0.3) is 0 Å². The molecule has 1 aliphatic carbocycles. The number of primary amides is 1. The molecule has 3 aromatic carbocycles. The molecule has 0 radical (unpaired) electrons. The summed E-state index contributed by atoms with van der Waals surface area (Å²) in [5, 5.41) is 10.7. The minimum atomic E-state index is -0.997. The highest BCUT2D eigenvalue weighted by Crippen LogP contribution is 2.44. The Hall–Kier alpha value is -5.39. The van der Waals surface area contributed by atoms with Crippen LogP contribution >= 0.6 is 0 Å². The first-order chi connectivity index (χ1) is 22.5. The van der Waals surface area contributed by atoms with Gasteiger partial charge in [-0.15, -0.1) is 0 Å². The van der Waals surface area contributed by atoms with Gasteiger partial charge < -0.3 is 36.5 Å². The normalized spacial score (nSPS) is 13.0. The van der Waals surface area contributed by atoms with Crippen LogP contribution in [0.15, 0.2) is 72.8 Å². The van der Waals surface area contributed by atoms with Crippen molar-refractivity contribution in [1.29, 1.82) is 0 Å². The first-order valence-corrected chi connectivity index (χ1v) is 15.5. The van der Waals surface area contributed by atoms with Gasteiger partial charge in [-0.25, -0.2) is 9.59 Å². The van der Waals surface area contributed by atoms with Crippen molar-refractivity contribution >= 4 is 35.6 Å². The van der Waals surface area contributed by atoms with Crippen molar-refractivity contribution in [3.05, 3.63) is 89.5 Å². The van der Waals surface area contributed by atoms with Gasteiger partial charge in [-0.1, -0.05) is 74.5 Å². The van der Waals surface area contributed by atoms with Crippen LogP contribution in [0.25, 0.3) is 11.1 Å². The molecule has 4 rings (SSSR count). The Bertz CT molecular complexity index is 1550. The molecular weight excluding hydrogens is 602 g/mol. The summed E-state index contributed by atoms with van der Waals surface area (Å²) in [4.78, 5) is 62.0. The summed E-state index contributed by atoms with van der Waals surface area (Å²) in [6, 6.07) is 20.0. The number of anilines is 1. The van der Waals surface area contributed by atoms with Gasteiger partial charge in [-0.3, -0.25) is 14.4 Å². The van der Waals surface area contributed by atoms with Crippen LogP contribution in [0.1, 0.15) is 56.2 Å². The second-order valence-electron chi connectivity index (χ2n) is 11.7. The zero-order valence-corrected chi connectivity index (χ0v) is 26.7. The number of hydrogen-bond donors (Lipinski definition) is 5. The van der Waals surface area contributed by atoms with Gasteiger partial charge in [-0.2, -0.15) is 0 Å². The van der Waals surface area contributed by atoms with Gasteiger partial charge in [-0.05, 0) is 58.7 Å². The fraction of sp³-hybridized carbons (Fsp3) is 0.343. The Morgan fingerprint density at radius 3 is 2.00 bits per heavy atom. The van der Waals surface area contributed by atoms with E-state index in [0.29, 0.717) is 12.1 Å². The molecule has 0 spiro atoms. The molecule has 12 nitrogen and oxygen atoms in total. The van der Waals surface area contributed by atoms with Gasteiger partial charge in [0, 0.05) is 25.1 Å². The molecule has 0 heterocycles. The highest BCUT2D eigenvalue weighted by molar-refractivity contribution is 5.98. The molecule has 47 heavy (non-hydrogen) atoms. The minimum Gasteiger partial charge on any atom is -0.461 e. The predicted octanol–water partition coefficient (Wildman–Crippen LogP) is 4.18. The summed E-state index contributed by atoms with van der Waals surface area (Å²) in [5.74, 6) is -1.93. The second kappa shape index (κ2) is 16.3. The summed E-state index contributed by atoms with van der Waals surface area (Å²) >= 11 is 0. The van der Waals surface area contributed by atoms with Crippen LogP contribution in [0.4, 0.5) is 15.3 Å². The van der Waals surface area contributed by atoms with Gasteiger partial charge in [0.05, 0.1) is 0 Å². The largest absolute Gasteiger partial charge is 0.461 e. The third kappa shape index (κ3) is 9.55. The van der Waals surface area contributed by atoms with E-state index < -0.39 is 42.0 Å². The number of alkyl carbamates (subject to hydrolysis) is 1. The lowest BCUT2D eigenvalue weighted by Crippen LogP contribution is -2.54. The van der Waals surface area contributed by atoms with Crippen molar-refractivity contribution in [2.24, 2.45) is 11.7 Å². The number of carbonyl (C=O) groups excluding carboxylic acids is 5. The van der Waals surface area contributed by atoms with E-state index in [9.17, 15) is 24.0 Å². The first-order valence-electron chi connectivity index (χ1n) is 15.5. The van der Waals surface area contributed by atoms with Crippen LogP contribution in [-0.4, -0.2) is 55.1 Å². The molecule has 0 aromatic heterocycles. The lowest BCUT2D eigenvalue weighted by molar-refractivity contribution is -0.142. The van der Waals surface area contributed by atoms with Crippen molar-refractivity contribution in [2.75, 3.05) is 18.5 Å². The number of rotatable bonds is 14. The van der Waals surface area contributed by atoms with Gasteiger partial charge >= 0.3 is 18.1 Å². The van der Waals surface area contributed by atoms with Gasteiger partial charge in [0.2, 0.25) is 11.8 Å². The molecule has 0 saturated carbocycles. The topological polar surface area (TPSA) is 178 Å². The molecule has 3 aromatic rings. The van der Waals surface area contributed by atoms with E-state index in [-0.39, 0.29) is 38.0 Å². The third-order valence-corrected chi connectivity index (χ3v) is 7.83. The Balaban J connectivity index is 1.39. The van der Waals surface area contributed by atoms with Crippen LogP contribution in [0.3, 0.4) is 0 Å².